The van der Waals surface area contributed by atoms with E-state index in [1.54, 1.807) is 6.07 Å². The second-order valence-corrected chi connectivity index (χ2v) is 5.25. The molecular formula is C16H22N2O2. The van der Waals surface area contributed by atoms with Gasteiger partial charge < -0.3 is 15.4 Å². The maximum absolute atomic E-state index is 11.5. The van der Waals surface area contributed by atoms with E-state index in [4.69, 9.17) is 5.73 Å². The highest BCUT2D eigenvalue weighted by Crippen LogP contribution is 2.28. The number of carbonyl (C=O) groups is 1. The summed E-state index contributed by atoms with van der Waals surface area (Å²) in [5.74, 6) is -0.878. The van der Waals surface area contributed by atoms with Crippen LogP contribution in [0.15, 0.2) is 18.3 Å². The second kappa shape index (κ2) is 6.09. The highest BCUT2D eigenvalue weighted by atomic mass is 16.4. The molecule has 0 saturated carbocycles. The molecule has 0 fully saturated rings. The zero-order valence-corrected chi connectivity index (χ0v) is 12.1. The van der Waals surface area contributed by atoms with Gasteiger partial charge >= 0.3 is 5.97 Å². The van der Waals surface area contributed by atoms with E-state index in [0.717, 1.165) is 35.7 Å². The molecule has 3 N–H and O–H groups in total. The van der Waals surface area contributed by atoms with Crippen LogP contribution in [0, 0.1) is 6.92 Å². The summed E-state index contributed by atoms with van der Waals surface area (Å²) in [5.41, 5.74) is 9.03. The molecule has 0 atom stereocenters. The van der Waals surface area contributed by atoms with Crippen molar-refractivity contribution in [2.45, 2.75) is 39.7 Å². The summed E-state index contributed by atoms with van der Waals surface area (Å²) < 4.78 is 1.99. The molecule has 0 aliphatic heterocycles. The van der Waals surface area contributed by atoms with Crippen LogP contribution in [-0.2, 0) is 13.0 Å². The lowest BCUT2D eigenvalue weighted by molar-refractivity contribution is 0.0698. The van der Waals surface area contributed by atoms with Gasteiger partial charge in [-0.1, -0.05) is 13.3 Å². The van der Waals surface area contributed by atoms with Gasteiger partial charge in [-0.2, -0.15) is 0 Å². The van der Waals surface area contributed by atoms with E-state index in [-0.39, 0.29) is 0 Å². The fourth-order valence-corrected chi connectivity index (χ4v) is 2.70. The molecule has 0 amide bonds. The van der Waals surface area contributed by atoms with Crippen molar-refractivity contribution in [1.82, 2.24) is 4.57 Å². The standard InChI is InChI=1S/C16H22N2O2/c1-3-4-5-12-10-18(7-6-17)15-13(12)8-11(2)9-14(15)16(19)20/h8-10H,3-7,17H2,1-2H3,(H,19,20). The Hall–Kier alpha value is -1.81. The number of carboxylic acid groups (broad SMARTS) is 1. The van der Waals surface area contributed by atoms with Crippen LogP contribution < -0.4 is 5.73 Å². The zero-order valence-electron chi connectivity index (χ0n) is 12.1. The van der Waals surface area contributed by atoms with E-state index in [2.05, 4.69) is 19.2 Å². The van der Waals surface area contributed by atoms with E-state index in [1.807, 2.05) is 11.5 Å². The largest absolute Gasteiger partial charge is 0.478 e. The Kier molecular flexibility index (Phi) is 4.45. The van der Waals surface area contributed by atoms with Crippen LogP contribution in [0.25, 0.3) is 10.9 Å². The minimum absolute atomic E-state index is 0.371. The number of rotatable bonds is 6. The average molecular weight is 274 g/mol. The number of unbranched alkanes of at least 4 members (excludes halogenated alkanes) is 1. The molecule has 0 saturated heterocycles. The molecule has 20 heavy (non-hydrogen) atoms. The van der Waals surface area contributed by atoms with Crippen molar-refractivity contribution < 1.29 is 9.90 Å². The topological polar surface area (TPSA) is 68.2 Å². The van der Waals surface area contributed by atoms with Crippen LogP contribution in [-0.4, -0.2) is 22.2 Å². The Morgan fingerprint density at radius 1 is 1.40 bits per heavy atom. The molecule has 0 unspecified atom stereocenters. The van der Waals surface area contributed by atoms with Crippen molar-refractivity contribution in [3.8, 4) is 0 Å². The first-order valence-electron chi connectivity index (χ1n) is 7.14. The van der Waals surface area contributed by atoms with Gasteiger partial charge in [-0.3, -0.25) is 0 Å². The Labute approximate surface area is 119 Å². The maximum atomic E-state index is 11.5. The van der Waals surface area contributed by atoms with Gasteiger partial charge in [0.2, 0.25) is 0 Å². The van der Waals surface area contributed by atoms with Crippen LogP contribution in [0.4, 0.5) is 0 Å². The lowest BCUT2D eigenvalue weighted by Crippen LogP contribution is -2.10. The smallest absolute Gasteiger partial charge is 0.337 e. The summed E-state index contributed by atoms with van der Waals surface area (Å²) in [4.78, 5) is 11.5. The van der Waals surface area contributed by atoms with Crippen LogP contribution in [0.1, 0.15) is 41.3 Å². The fraction of sp³-hybridized carbons (Fsp3) is 0.438. The lowest BCUT2D eigenvalue weighted by Gasteiger charge is -2.07. The van der Waals surface area contributed by atoms with Crippen molar-refractivity contribution in [3.63, 3.8) is 0 Å². The first-order chi connectivity index (χ1) is 9.58. The molecule has 2 rings (SSSR count). The third-order valence-electron chi connectivity index (χ3n) is 3.60. The molecule has 0 bridgehead atoms. The number of fused-ring (bicyclic) bond motifs is 1. The van der Waals surface area contributed by atoms with Crippen molar-refractivity contribution in [2.24, 2.45) is 5.73 Å². The number of aromatic carboxylic acids is 1. The van der Waals surface area contributed by atoms with Gasteiger partial charge in [0, 0.05) is 24.7 Å². The lowest BCUT2D eigenvalue weighted by atomic mass is 10.0. The van der Waals surface area contributed by atoms with Gasteiger partial charge in [-0.15, -0.1) is 0 Å². The Balaban J connectivity index is 2.68. The molecule has 4 heteroatoms. The van der Waals surface area contributed by atoms with E-state index in [9.17, 15) is 9.90 Å². The van der Waals surface area contributed by atoms with Crippen LogP contribution in [0.5, 0.6) is 0 Å². The quantitative estimate of drug-likeness (QED) is 0.851. The zero-order chi connectivity index (χ0) is 14.7. The number of nitrogens with two attached hydrogens (primary N) is 1. The molecule has 0 aliphatic rings. The van der Waals surface area contributed by atoms with E-state index in [1.165, 1.54) is 5.56 Å². The molecule has 4 nitrogen and oxygen atoms in total. The highest BCUT2D eigenvalue weighted by molar-refractivity contribution is 6.03. The monoisotopic (exact) mass is 274 g/mol. The van der Waals surface area contributed by atoms with Crippen molar-refractivity contribution in [2.75, 3.05) is 6.54 Å². The number of carboxylic acids is 1. The van der Waals surface area contributed by atoms with E-state index >= 15 is 0 Å². The first-order valence-corrected chi connectivity index (χ1v) is 7.14. The summed E-state index contributed by atoms with van der Waals surface area (Å²) in [5, 5.41) is 10.5. The third kappa shape index (κ3) is 2.70. The maximum Gasteiger partial charge on any atom is 0.337 e. The third-order valence-corrected chi connectivity index (χ3v) is 3.60. The van der Waals surface area contributed by atoms with E-state index in [0.29, 0.717) is 18.7 Å². The molecule has 0 spiro atoms. The average Bonchev–Trinajstić information content (AvgIpc) is 2.74. The van der Waals surface area contributed by atoms with Crippen LogP contribution in [0.3, 0.4) is 0 Å². The molecule has 1 heterocycles. The van der Waals surface area contributed by atoms with Crippen molar-refractivity contribution in [3.05, 3.63) is 35.0 Å². The highest BCUT2D eigenvalue weighted by Gasteiger charge is 2.16. The number of aryl methyl sites for hydroxylation is 2. The van der Waals surface area contributed by atoms with Crippen LogP contribution >= 0.6 is 0 Å². The van der Waals surface area contributed by atoms with Gasteiger partial charge in [-0.05, 0) is 43.0 Å². The Bertz CT molecular complexity index is 629. The number of hydrogen-bond acceptors (Lipinski definition) is 2. The SMILES string of the molecule is CCCCc1cn(CCN)c2c(C(=O)O)cc(C)cc12. The summed E-state index contributed by atoms with van der Waals surface area (Å²) in [7, 11) is 0. The number of hydrogen-bond donors (Lipinski definition) is 2. The van der Waals surface area contributed by atoms with Crippen molar-refractivity contribution in [1.29, 1.82) is 0 Å². The Morgan fingerprint density at radius 2 is 2.15 bits per heavy atom. The molecular weight excluding hydrogens is 252 g/mol. The Morgan fingerprint density at radius 3 is 2.75 bits per heavy atom. The second-order valence-electron chi connectivity index (χ2n) is 5.25. The van der Waals surface area contributed by atoms with Gasteiger partial charge in [0.1, 0.15) is 0 Å². The number of aromatic nitrogens is 1. The first kappa shape index (κ1) is 14.6. The minimum Gasteiger partial charge on any atom is -0.478 e. The molecule has 2 aromatic rings. The summed E-state index contributed by atoms with van der Waals surface area (Å²) in [6, 6.07) is 3.82. The molecule has 0 aliphatic carbocycles. The molecule has 0 radical (unpaired) electrons. The van der Waals surface area contributed by atoms with Crippen molar-refractivity contribution >= 4 is 16.9 Å². The van der Waals surface area contributed by atoms with E-state index < -0.39 is 5.97 Å². The fourth-order valence-electron chi connectivity index (χ4n) is 2.70. The number of benzene rings is 1. The van der Waals surface area contributed by atoms with Gasteiger partial charge in [-0.25, -0.2) is 4.79 Å². The van der Waals surface area contributed by atoms with Gasteiger partial charge in [0.05, 0.1) is 11.1 Å². The van der Waals surface area contributed by atoms with Gasteiger partial charge in [0.25, 0.3) is 0 Å². The molecule has 1 aromatic carbocycles. The number of nitrogens with zero attached hydrogens (tertiary/aromatic N) is 1. The predicted molar refractivity (Wildman–Crippen MR) is 81.3 cm³/mol. The normalized spacial score (nSPS) is 11.2. The molecule has 108 valence electrons. The summed E-state index contributed by atoms with van der Waals surface area (Å²) >= 11 is 0. The van der Waals surface area contributed by atoms with Gasteiger partial charge in [0.15, 0.2) is 0 Å². The summed E-state index contributed by atoms with van der Waals surface area (Å²) in [6.45, 7) is 5.25. The predicted octanol–water partition coefficient (Wildman–Crippen LogP) is 2.95. The minimum atomic E-state index is -0.878. The molecule has 1 aromatic heterocycles. The summed E-state index contributed by atoms with van der Waals surface area (Å²) in [6.07, 6.45) is 5.28. The van der Waals surface area contributed by atoms with Crippen LogP contribution in [0.2, 0.25) is 0 Å².